The second-order valence-electron chi connectivity index (χ2n) is 9.30. The molecule has 0 spiro atoms. The lowest BCUT2D eigenvalue weighted by molar-refractivity contribution is -0.142. The van der Waals surface area contributed by atoms with Crippen LogP contribution in [0, 0.1) is 12.8 Å². The minimum atomic E-state index is -0.768. The molecule has 5 nitrogen and oxygen atoms in total. The van der Waals surface area contributed by atoms with Crippen molar-refractivity contribution < 1.29 is 14.3 Å². The second-order valence-corrected chi connectivity index (χ2v) is 11.0. The third kappa shape index (κ3) is 8.77. The Bertz CT molecular complexity index is 1220. The van der Waals surface area contributed by atoms with Crippen molar-refractivity contribution >= 4 is 50.9 Å². The van der Waals surface area contributed by atoms with E-state index in [2.05, 4.69) is 21.2 Å². The number of rotatable bonds is 11. The quantitative estimate of drug-likeness (QED) is 0.260. The number of aryl methyl sites for hydroxylation is 1. The maximum atomic E-state index is 13.7. The minimum absolute atomic E-state index is 0.129. The molecule has 8 heteroatoms. The summed E-state index contributed by atoms with van der Waals surface area (Å²) in [5, 5.41) is 3.92. The van der Waals surface area contributed by atoms with Crippen LogP contribution < -0.4 is 10.1 Å². The number of carbonyl (C=O) groups excluding carboxylic acids is 2. The second kappa shape index (κ2) is 13.8. The van der Waals surface area contributed by atoms with E-state index in [-0.39, 0.29) is 30.9 Å². The van der Waals surface area contributed by atoms with Gasteiger partial charge in [0.2, 0.25) is 5.91 Å². The van der Waals surface area contributed by atoms with Crippen LogP contribution in [0.1, 0.15) is 30.5 Å². The molecule has 3 aromatic rings. The molecule has 0 bridgehead atoms. The highest BCUT2D eigenvalue weighted by Crippen LogP contribution is 2.25. The molecule has 0 aromatic heterocycles. The lowest BCUT2D eigenvalue weighted by Gasteiger charge is -2.32. The van der Waals surface area contributed by atoms with E-state index in [1.807, 2.05) is 63.2 Å². The minimum Gasteiger partial charge on any atom is -0.484 e. The number of nitrogens with zero attached hydrogens (tertiary/aromatic N) is 1. The zero-order chi connectivity index (χ0) is 26.9. The maximum absolute atomic E-state index is 13.7. The van der Waals surface area contributed by atoms with Gasteiger partial charge in [-0.25, -0.2) is 0 Å². The Balaban J connectivity index is 1.93. The highest BCUT2D eigenvalue weighted by molar-refractivity contribution is 9.10. The number of nitrogens with one attached hydrogen (secondary N) is 1. The average molecular weight is 606 g/mol. The monoisotopic (exact) mass is 604 g/mol. The fourth-order valence-electron chi connectivity index (χ4n) is 3.74. The number of amides is 2. The van der Waals surface area contributed by atoms with Crippen molar-refractivity contribution in [2.75, 3.05) is 13.2 Å². The van der Waals surface area contributed by atoms with Gasteiger partial charge in [-0.05, 0) is 59.9 Å². The van der Waals surface area contributed by atoms with Gasteiger partial charge in [0, 0.05) is 34.0 Å². The van der Waals surface area contributed by atoms with Gasteiger partial charge in [0.1, 0.15) is 11.8 Å². The number of carbonyl (C=O) groups is 2. The summed E-state index contributed by atoms with van der Waals surface area (Å²) in [4.78, 5) is 28.7. The summed E-state index contributed by atoms with van der Waals surface area (Å²) in [6.45, 7) is 6.40. The number of benzene rings is 3. The molecule has 0 unspecified atom stereocenters. The van der Waals surface area contributed by atoms with E-state index in [0.29, 0.717) is 34.3 Å². The van der Waals surface area contributed by atoms with E-state index in [0.717, 1.165) is 15.6 Å². The van der Waals surface area contributed by atoms with Crippen LogP contribution in [-0.2, 0) is 22.6 Å². The molecule has 0 aliphatic rings. The van der Waals surface area contributed by atoms with Crippen LogP contribution in [0.15, 0.2) is 71.2 Å². The van der Waals surface area contributed by atoms with Crippen LogP contribution in [0.2, 0.25) is 10.0 Å². The molecule has 0 aliphatic carbocycles. The van der Waals surface area contributed by atoms with E-state index in [9.17, 15) is 9.59 Å². The molecule has 1 atom stereocenters. The fraction of sp³-hybridized carbons (Fsp3) is 0.310. The smallest absolute Gasteiger partial charge is 0.261 e. The highest BCUT2D eigenvalue weighted by atomic mass is 79.9. The molecule has 0 saturated carbocycles. The van der Waals surface area contributed by atoms with Crippen LogP contribution in [0.4, 0.5) is 0 Å². The molecule has 0 aliphatic heterocycles. The maximum Gasteiger partial charge on any atom is 0.261 e. The zero-order valence-electron chi connectivity index (χ0n) is 21.1. The average Bonchev–Trinajstić information content (AvgIpc) is 2.87. The molecule has 0 heterocycles. The van der Waals surface area contributed by atoms with Gasteiger partial charge in [-0.1, -0.05) is 89.4 Å². The van der Waals surface area contributed by atoms with Gasteiger partial charge in [-0.15, -0.1) is 0 Å². The van der Waals surface area contributed by atoms with Gasteiger partial charge >= 0.3 is 0 Å². The molecule has 1 N–H and O–H groups in total. The van der Waals surface area contributed by atoms with E-state index in [1.54, 1.807) is 29.2 Å². The Morgan fingerprint density at radius 2 is 1.76 bits per heavy atom. The number of hydrogen-bond donors (Lipinski definition) is 1. The largest absolute Gasteiger partial charge is 0.484 e. The lowest BCUT2D eigenvalue weighted by atomic mass is 10.0. The predicted octanol–water partition coefficient (Wildman–Crippen LogP) is 6.86. The van der Waals surface area contributed by atoms with Gasteiger partial charge in [0.25, 0.3) is 5.91 Å². The molecule has 0 fully saturated rings. The Morgan fingerprint density at radius 1 is 1.03 bits per heavy atom. The summed E-state index contributed by atoms with van der Waals surface area (Å²) >= 11 is 16.0. The van der Waals surface area contributed by atoms with Crippen LogP contribution in [0.5, 0.6) is 5.75 Å². The first kappa shape index (κ1) is 29.0. The van der Waals surface area contributed by atoms with Crippen molar-refractivity contribution in [1.29, 1.82) is 0 Å². The summed E-state index contributed by atoms with van der Waals surface area (Å²) in [6, 6.07) is 19.5. The van der Waals surface area contributed by atoms with Crippen molar-refractivity contribution in [2.24, 2.45) is 5.92 Å². The Labute approximate surface area is 237 Å². The molecule has 0 saturated heterocycles. The summed E-state index contributed by atoms with van der Waals surface area (Å²) in [5.74, 6) is 0.283. The fourth-order valence-corrected chi connectivity index (χ4v) is 4.46. The summed E-state index contributed by atoms with van der Waals surface area (Å²) in [6.07, 6.45) is 0.346. The molecule has 3 aromatic carbocycles. The van der Waals surface area contributed by atoms with Crippen molar-refractivity contribution in [1.82, 2.24) is 10.2 Å². The third-order valence-electron chi connectivity index (χ3n) is 5.80. The molecule has 3 rings (SSSR count). The summed E-state index contributed by atoms with van der Waals surface area (Å²) in [7, 11) is 0. The first-order chi connectivity index (χ1) is 17.6. The summed E-state index contributed by atoms with van der Waals surface area (Å²) < 4.78 is 6.81. The van der Waals surface area contributed by atoms with Crippen molar-refractivity contribution in [2.45, 2.75) is 39.8 Å². The molecular weight excluding hydrogens is 575 g/mol. The van der Waals surface area contributed by atoms with Gasteiger partial charge in [-0.2, -0.15) is 0 Å². The first-order valence-electron chi connectivity index (χ1n) is 12.1. The van der Waals surface area contributed by atoms with E-state index in [4.69, 9.17) is 27.9 Å². The van der Waals surface area contributed by atoms with Crippen molar-refractivity contribution in [3.05, 3.63) is 97.9 Å². The molecule has 0 radical (unpaired) electrons. The van der Waals surface area contributed by atoms with Crippen molar-refractivity contribution in [3.63, 3.8) is 0 Å². The van der Waals surface area contributed by atoms with E-state index >= 15 is 0 Å². The molecule has 37 heavy (non-hydrogen) atoms. The van der Waals surface area contributed by atoms with Crippen LogP contribution in [0.25, 0.3) is 0 Å². The zero-order valence-corrected chi connectivity index (χ0v) is 24.2. The van der Waals surface area contributed by atoms with Gasteiger partial charge in [0.15, 0.2) is 6.61 Å². The van der Waals surface area contributed by atoms with Gasteiger partial charge < -0.3 is 15.0 Å². The van der Waals surface area contributed by atoms with Crippen LogP contribution in [-0.4, -0.2) is 35.9 Å². The summed E-state index contributed by atoms with van der Waals surface area (Å²) in [5.41, 5.74) is 2.62. The molecule has 2 amide bonds. The third-order valence-corrected chi connectivity index (χ3v) is 7.28. The molecule has 196 valence electrons. The van der Waals surface area contributed by atoms with Crippen LogP contribution in [0.3, 0.4) is 0 Å². The number of ether oxygens (including phenoxy) is 1. The first-order valence-corrected chi connectivity index (χ1v) is 13.6. The Hall–Kier alpha value is -2.54. The lowest BCUT2D eigenvalue weighted by Crippen LogP contribution is -2.52. The number of halogens is 3. The Kier molecular flexibility index (Phi) is 10.9. The van der Waals surface area contributed by atoms with Gasteiger partial charge in [0.05, 0.1) is 0 Å². The number of hydrogen-bond acceptors (Lipinski definition) is 3. The van der Waals surface area contributed by atoms with Crippen molar-refractivity contribution in [3.8, 4) is 5.75 Å². The highest BCUT2D eigenvalue weighted by Gasteiger charge is 2.31. The standard InChI is InChI=1S/C29H31BrCl2N2O3/c1-19(2)16-33-29(36)27(14-21-7-5-4-6-8-21)34(17-22-9-10-23(31)15-26(22)32)28(35)18-37-24-11-12-25(30)20(3)13-24/h4-13,15,19,27H,14,16-18H2,1-3H3,(H,33,36)/t27-/m0/s1. The van der Waals surface area contributed by atoms with Gasteiger partial charge in [-0.3, -0.25) is 9.59 Å². The van der Waals surface area contributed by atoms with E-state index < -0.39 is 6.04 Å². The molecular formula is C29H31BrCl2N2O3. The topological polar surface area (TPSA) is 58.6 Å². The van der Waals surface area contributed by atoms with Crippen LogP contribution >= 0.6 is 39.1 Å². The predicted molar refractivity (Wildman–Crippen MR) is 153 cm³/mol. The van der Waals surface area contributed by atoms with E-state index in [1.165, 1.54) is 0 Å². The normalized spacial score (nSPS) is 11.8. The SMILES string of the molecule is Cc1cc(OCC(=O)N(Cc2ccc(Cl)cc2Cl)[C@@H](Cc2ccccc2)C(=O)NCC(C)C)ccc1Br. The Morgan fingerprint density at radius 3 is 2.41 bits per heavy atom.